The standard InChI is InChI=1S/C23H35N7O.HI/c1-17-27-28-22(29(17)2)15-24-23(25-18-9-4-5-10-18)26-19-11-8-14-30(16-19)20-12-6-7-13-21(20)31-3;/h6-7,12-13,18-19H,4-5,8-11,14-16H2,1-3H3,(H2,24,25,26);1H. The molecule has 0 amide bonds. The van der Waals surface area contributed by atoms with Crippen molar-refractivity contribution in [2.75, 3.05) is 25.1 Å². The van der Waals surface area contributed by atoms with Crippen LogP contribution < -0.4 is 20.3 Å². The minimum absolute atomic E-state index is 0. The van der Waals surface area contributed by atoms with Gasteiger partial charge in [-0.05, 0) is 44.7 Å². The van der Waals surface area contributed by atoms with Gasteiger partial charge in [-0.15, -0.1) is 34.2 Å². The Bertz CT molecular complexity index is 894. The maximum atomic E-state index is 5.59. The third-order valence-electron chi connectivity index (χ3n) is 6.45. The minimum atomic E-state index is 0. The first-order valence-electron chi connectivity index (χ1n) is 11.4. The molecule has 0 radical (unpaired) electrons. The van der Waals surface area contributed by atoms with Crippen molar-refractivity contribution in [3.63, 3.8) is 0 Å². The lowest BCUT2D eigenvalue weighted by Gasteiger charge is -2.36. The summed E-state index contributed by atoms with van der Waals surface area (Å²) in [4.78, 5) is 7.30. The number of guanidine groups is 1. The lowest BCUT2D eigenvalue weighted by Crippen LogP contribution is -2.52. The van der Waals surface area contributed by atoms with Gasteiger partial charge in [-0.2, -0.15) is 0 Å². The Kier molecular flexibility index (Phi) is 9.01. The van der Waals surface area contributed by atoms with Gasteiger partial charge < -0.3 is 24.8 Å². The number of hydrogen-bond donors (Lipinski definition) is 2. The summed E-state index contributed by atoms with van der Waals surface area (Å²) in [6.45, 7) is 4.45. The highest BCUT2D eigenvalue weighted by atomic mass is 127. The molecule has 32 heavy (non-hydrogen) atoms. The van der Waals surface area contributed by atoms with Crippen LogP contribution in [0.25, 0.3) is 0 Å². The summed E-state index contributed by atoms with van der Waals surface area (Å²) in [5.41, 5.74) is 1.16. The highest BCUT2D eigenvalue weighted by Crippen LogP contribution is 2.30. The van der Waals surface area contributed by atoms with Crippen LogP contribution in [0, 0.1) is 6.92 Å². The Morgan fingerprint density at radius 1 is 1.09 bits per heavy atom. The average Bonchev–Trinajstić information content (AvgIpc) is 3.42. The molecule has 1 unspecified atom stereocenters. The summed E-state index contributed by atoms with van der Waals surface area (Å²) in [6, 6.07) is 9.10. The van der Waals surface area contributed by atoms with Gasteiger partial charge in [0, 0.05) is 32.2 Å². The predicted molar refractivity (Wildman–Crippen MR) is 139 cm³/mol. The molecule has 2 heterocycles. The van der Waals surface area contributed by atoms with Crippen molar-refractivity contribution in [1.82, 2.24) is 25.4 Å². The van der Waals surface area contributed by atoms with Crippen LogP contribution in [0.1, 0.15) is 50.2 Å². The Hall–Kier alpha value is -2.04. The number of rotatable bonds is 6. The molecule has 2 N–H and O–H groups in total. The second kappa shape index (κ2) is 11.7. The van der Waals surface area contributed by atoms with E-state index in [1.165, 1.54) is 25.7 Å². The molecule has 8 nitrogen and oxygen atoms in total. The van der Waals surface area contributed by atoms with E-state index in [-0.39, 0.29) is 24.0 Å². The molecule has 1 aliphatic heterocycles. The van der Waals surface area contributed by atoms with E-state index < -0.39 is 0 Å². The molecular weight excluding hydrogens is 517 g/mol. The maximum absolute atomic E-state index is 5.59. The largest absolute Gasteiger partial charge is 0.495 e. The molecule has 0 spiro atoms. The molecule has 176 valence electrons. The summed E-state index contributed by atoms with van der Waals surface area (Å²) in [7, 11) is 3.73. The topological polar surface area (TPSA) is 79.6 Å². The molecule has 2 aliphatic rings. The first-order valence-corrected chi connectivity index (χ1v) is 11.4. The fourth-order valence-corrected chi connectivity index (χ4v) is 4.53. The second-order valence-corrected chi connectivity index (χ2v) is 8.61. The maximum Gasteiger partial charge on any atom is 0.192 e. The Balaban J connectivity index is 0.00000289. The van der Waals surface area contributed by atoms with Crippen molar-refractivity contribution in [1.29, 1.82) is 0 Å². The molecule has 1 saturated carbocycles. The highest BCUT2D eigenvalue weighted by Gasteiger charge is 2.24. The first kappa shape index (κ1) is 24.6. The third kappa shape index (κ3) is 6.05. The number of aliphatic imine (C=N–C) groups is 1. The van der Waals surface area contributed by atoms with Crippen LogP contribution in [0.2, 0.25) is 0 Å². The SMILES string of the molecule is COc1ccccc1N1CCCC(NC(=NCc2nnc(C)n2C)NC2CCCC2)C1.I. The van der Waals surface area contributed by atoms with Crippen molar-refractivity contribution >= 4 is 35.6 Å². The Morgan fingerprint density at radius 3 is 2.53 bits per heavy atom. The van der Waals surface area contributed by atoms with E-state index >= 15 is 0 Å². The van der Waals surface area contributed by atoms with E-state index in [0.29, 0.717) is 18.6 Å². The molecule has 1 saturated heterocycles. The summed E-state index contributed by atoms with van der Waals surface area (Å²) in [5, 5.41) is 15.8. The third-order valence-corrected chi connectivity index (χ3v) is 6.45. The lowest BCUT2D eigenvalue weighted by atomic mass is 10.0. The zero-order valence-corrected chi connectivity index (χ0v) is 21.7. The van der Waals surface area contributed by atoms with E-state index in [2.05, 4.69) is 37.9 Å². The molecule has 9 heteroatoms. The van der Waals surface area contributed by atoms with Crippen molar-refractivity contribution < 1.29 is 4.74 Å². The van der Waals surface area contributed by atoms with E-state index in [1.54, 1.807) is 7.11 Å². The number of benzene rings is 1. The molecule has 1 aromatic heterocycles. The summed E-state index contributed by atoms with van der Waals surface area (Å²) in [6.07, 6.45) is 7.26. The van der Waals surface area contributed by atoms with Gasteiger partial charge in [0.1, 0.15) is 18.1 Å². The van der Waals surface area contributed by atoms with E-state index in [0.717, 1.165) is 55.0 Å². The number of piperidine rings is 1. The number of halogens is 1. The number of aromatic nitrogens is 3. The van der Waals surface area contributed by atoms with Crippen molar-refractivity contribution in [3.05, 3.63) is 35.9 Å². The van der Waals surface area contributed by atoms with Crippen LogP contribution in [-0.2, 0) is 13.6 Å². The molecular formula is C23H36IN7O. The van der Waals surface area contributed by atoms with Gasteiger partial charge in [-0.3, -0.25) is 0 Å². The van der Waals surface area contributed by atoms with Gasteiger partial charge in [-0.25, -0.2) is 4.99 Å². The normalized spacial score (nSPS) is 19.5. The number of nitrogens with one attached hydrogen (secondary N) is 2. The van der Waals surface area contributed by atoms with Gasteiger partial charge in [0.25, 0.3) is 0 Å². The van der Waals surface area contributed by atoms with E-state index in [1.807, 2.05) is 30.7 Å². The number of anilines is 1. The van der Waals surface area contributed by atoms with Gasteiger partial charge >= 0.3 is 0 Å². The summed E-state index contributed by atoms with van der Waals surface area (Å²) in [5.74, 6) is 3.60. The summed E-state index contributed by atoms with van der Waals surface area (Å²) >= 11 is 0. The number of aryl methyl sites for hydroxylation is 1. The van der Waals surface area contributed by atoms with Crippen molar-refractivity contribution in [2.45, 2.75) is 64.1 Å². The van der Waals surface area contributed by atoms with Crippen molar-refractivity contribution in [3.8, 4) is 5.75 Å². The lowest BCUT2D eigenvalue weighted by molar-refractivity contribution is 0.408. The zero-order chi connectivity index (χ0) is 21.6. The molecule has 1 aromatic carbocycles. The van der Waals surface area contributed by atoms with Gasteiger partial charge in [0.15, 0.2) is 11.8 Å². The van der Waals surface area contributed by atoms with E-state index in [9.17, 15) is 0 Å². The second-order valence-electron chi connectivity index (χ2n) is 8.61. The fourth-order valence-electron chi connectivity index (χ4n) is 4.53. The predicted octanol–water partition coefficient (Wildman–Crippen LogP) is 3.40. The molecule has 2 aromatic rings. The fraction of sp³-hybridized carbons (Fsp3) is 0.609. The monoisotopic (exact) mass is 553 g/mol. The van der Waals surface area contributed by atoms with Crippen molar-refractivity contribution in [2.24, 2.45) is 12.0 Å². The van der Waals surface area contributed by atoms with Gasteiger partial charge in [-0.1, -0.05) is 25.0 Å². The van der Waals surface area contributed by atoms with Crippen LogP contribution in [0.3, 0.4) is 0 Å². The molecule has 1 aliphatic carbocycles. The van der Waals surface area contributed by atoms with Gasteiger partial charge in [0.05, 0.1) is 12.8 Å². The quantitative estimate of drug-likeness (QED) is 0.325. The Labute approximate surface area is 208 Å². The smallest absolute Gasteiger partial charge is 0.192 e. The molecule has 1 atom stereocenters. The number of methoxy groups -OCH3 is 1. The van der Waals surface area contributed by atoms with E-state index in [4.69, 9.17) is 9.73 Å². The van der Waals surface area contributed by atoms with Crippen LogP contribution in [0.5, 0.6) is 5.75 Å². The number of hydrogen-bond acceptors (Lipinski definition) is 5. The highest BCUT2D eigenvalue weighted by molar-refractivity contribution is 14.0. The first-order chi connectivity index (χ1) is 15.1. The molecule has 4 rings (SSSR count). The molecule has 0 bridgehead atoms. The van der Waals surface area contributed by atoms with Crippen LogP contribution >= 0.6 is 24.0 Å². The minimum Gasteiger partial charge on any atom is -0.495 e. The van der Waals surface area contributed by atoms with Crippen LogP contribution in [0.4, 0.5) is 5.69 Å². The number of para-hydroxylation sites is 2. The average molecular weight is 553 g/mol. The summed E-state index contributed by atoms with van der Waals surface area (Å²) < 4.78 is 7.59. The molecule has 2 fully saturated rings. The number of ether oxygens (including phenoxy) is 1. The van der Waals surface area contributed by atoms with Gasteiger partial charge in [0.2, 0.25) is 0 Å². The zero-order valence-electron chi connectivity index (χ0n) is 19.4. The Morgan fingerprint density at radius 2 is 1.81 bits per heavy atom. The van der Waals surface area contributed by atoms with Crippen LogP contribution in [-0.4, -0.2) is 53.0 Å². The van der Waals surface area contributed by atoms with Crippen LogP contribution in [0.15, 0.2) is 29.3 Å². The number of nitrogens with zero attached hydrogens (tertiary/aromatic N) is 5.